The van der Waals surface area contributed by atoms with Crippen LogP contribution in [0.4, 0.5) is 0 Å². The number of amides is 1. The number of nitrogens with one attached hydrogen (secondary N) is 1. The van der Waals surface area contributed by atoms with Gasteiger partial charge in [0.1, 0.15) is 0 Å². The molecule has 3 N–H and O–H groups in total. The summed E-state index contributed by atoms with van der Waals surface area (Å²) < 4.78 is 5.47. The van der Waals surface area contributed by atoms with E-state index >= 15 is 0 Å². The Labute approximate surface area is 385 Å². The first-order chi connectivity index (χ1) is 30.5. The van der Waals surface area contributed by atoms with E-state index in [-0.39, 0.29) is 18.5 Å². The van der Waals surface area contributed by atoms with Crippen LogP contribution in [0.3, 0.4) is 0 Å². The van der Waals surface area contributed by atoms with Gasteiger partial charge in [-0.2, -0.15) is 0 Å². The van der Waals surface area contributed by atoms with Crippen molar-refractivity contribution >= 4 is 11.9 Å². The first-order valence-electron chi connectivity index (χ1n) is 27.3. The van der Waals surface area contributed by atoms with Crippen LogP contribution in [0.15, 0.2) is 36.5 Å². The summed E-state index contributed by atoms with van der Waals surface area (Å²) >= 11 is 0. The number of hydrogen-bond donors (Lipinski definition) is 3. The van der Waals surface area contributed by atoms with Crippen LogP contribution >= 0.6 is 0 Å². The van der Waals surface area contributed by atoms with Gasteiger partial charge in [0, 0.05) is 12.8 Å². The molecular formula is C56H105NO5. The molecule has 0 saturated heterocycles. The SMILES string of the molecule is CCCCC/C=C\C/C=C\CCCCCCCC(=O)OCCCCCCCCCCCCCCCCCCCCCC(=O)NC(CO)C(O)/C=C/CCCCCCCCCCC. The Bertz CT molecular complexity index is 1010. The second kappa shape index (κ2) is 51.7. The molecule has 0 heterocycles. The van der Waals surface area contributed by atoms with Crippen LogP contribution in [0.1, 0.15) is 284 Å². The lowest BCUT2D eigenvalue weighted by molar-refractivity contribution is -0.143. The van der Waals surface area contributed by atoms with Crippen LogP contribution < -0.4 is 5.32 Å². The number of rotatable bonds is 50. The Morgan fingerprint density at radius 3 is 1.26 bits per heavy atom. The maximum absolute atomic E-state index is 12.4. The van der Waals surface area contributed by atoms with Gasteiger partial charge >= 0.3 is 5.97 Å². The van der Waals surface area contributed by atoms with Crippen molar-refractivity contribution in [3.8, 4) is 0 Å². The van der Waals surface area contributed by atoms with Crippen LogP contribution in [-0.2, 0) is 14.3 Å². The largest absolute Gasteiger partial charge is 0.466 e. The Hall–Kier alpha value is -1.92. The molecule has 0 saturated carbocycles. The zero-order valence-electron chi connectivity index (χ0n) is 41.4. The zero-order valence-corrected chi connectivity index (χ0v) is 41.4. The molecule has 0 aliphatic carbocycles. The van der Waals surface area contributed by atoms with E-state index in [0.717, 1.165) is 51.4 Å². The van der Waals surface area contributed by atoms with E-state index < -0.39 is 12.1 Å². The number of aliphatic hydroxyl groups excluding tert-OH is 2. The zero-order chi connectivity index (χ0) is 45.1. The summed E-state index contributed by atoms with van der Waals surface area (Å²) in [6.07, 6.45) is 63.0. The standard InChI is InChI=1S/C56H105NO5/c1-3-5-7-9-11-13-15-16-22-26-30-34-38-42-46-50-56(61)62-51-47-43-39-35-31-27-24-21-19-17-18-20-23-25-29-33-37-41-45-49-55(60)57-53(52-58)54(59)48-44-40-36-32-28-14-12-10-8-6-4-2/h11,13,16,22,44,48,53-54,58-59H,3-10,12,14-15,17-21,23-43,45-47,49-52H2,1-2H3,(H,57,60)/b13-11-,22-16-,48-44+. The monoisotopic (exact) mass is 872 g/mol. The lowest BCUT2D eigenvalue weighted by atomic mass is 10.0. The molecule has 0 aromatic heterocycles. The third-order valence-corrected chi connectivity index (χ3v) is 12.4. The van der Waals surface area contributed by atoms with Gasteiger partial charge in [0.15, 0.2) is 0 Å². The predicted molar refractivity (Wildman–Crippen MR) is 269 cm³/mol. The van der Waals surface area contributed by atoms with Gasteiger partial charge in [-0.3, -0.25) is 9.59 Å². The number of carbonyl (C=O) groups is 2. The molecule has 0 radical (unpaired) electrons. The van der Waals surface area contributed by atoms with Crippen LogP contribution in [0.2, 0.25) is 0 Å². The molecule has 62 heavy (non-hydrogen) atoms. The fourth-order valence-electron chi connectivity index (χ4n) is 8.19. The van der Waals surface area contributed by atoms with E-state index in [9.17, 15) is 19.8 Å². The van der Waals surface area contributed by atoms with Gasteiger partial charge in [0.25, 0.3) is 0 Å². The highest BCUT2D eigenvalue weighted by Crippen LogP contribution is 2.16. The molecule has 6 nitrogen and oxygen atoms in total. The van der Waals surface area contributed by atoms with Crippen LogP contribution in [0.5, 0.6) is 0 Å². The van der Waals surface area contributed by atoms with Gasteiger partial charge in [-0.1, -0.05) is 243 Å². The summed E-state index contributed by atoms with van der Waals surface area (Å²) in [6, 6.07) is -0.629. The van der Waals surface area contributed by atoms with Gasteiger partial charge < -0.3 is 20.3 Å². The maximum Gasteiger partial charge on any atom is 0.305 e. The Morgan fingerprint density at radius 2 is 0.806 bits per heavy atom. The third kappa shape index (κ3) is 47.6. The van der Waals surface area contributed by atoms with Crippen molar-refractivity contribution in [1.29, 1.82) is 0 Å². The van der Waals surface area contributed by atoms with E-state index in [2.05, 4.69) is 43.5 Å². The molecule has 0 fully saturated rings. The summed E-state index contributed by atoms with van der Waals surface area (Å²) in [7, 11) is 0. The van der Waals surface area contributed by atoms with Crippen molar-refractivity contribution in [3.05, 3.63) is 36.5 Å². The van der Waals surface area contributed by atoms with E-state index in [0.29, 0.717) is 19.4 Å². The Morgan fingerprint density at radius 1 is 0.452 bits per heavy atom. The molecule has 364 valence electrons. The first-order valence-corrected chi connectivity index (χ1v) is 27.3. The van der Waals surface area contributed by atoms with Crippen LogP contribution in [0, 0.1) is 0 Å². The topological polar surface area (TPSA) is 95.9 Å². The van der Waals surface area contributed by atoms with Gasteiger partial charge in [0.2, 0.25) is 5.91 Å². The highest BCUT2D eigenvalue weighted by molar-refractivity contribution is 5.76. The van der Waals surface area contributed by atoms with E-state index in [1.165, 1.54) is 205 Å². The van der Waals surface area contributed by atoms with Gasteiger partial charge in [-0.25, -0.2) is 0 Å². The molecule has 0 aliphatic heterocycles. The average molecular weight is 872 g/mol. The second-order valence-corrected chi connectivity index (χ2v) is 18.6. The van der Waals surface area contributed by atoms with Gasteiger partial charge in [-0.05, 0) is 64.2 Å². The number of aliphatic hydroxyl groups is 2. The lowest BCUT2D eigenvalue weighted by Gasteiger charge is -2.20. The molecular weight excluding hydrogens is 767 g/mol. The molecule has 2 atom stereocenters. The number of ether oxygens (including phenoxy) is 1. The Balaban J connectivity index is 3.41. The molecule has 1 amide bonds. The first kappa shape index (κ1) is 60.1. The normalized spacial score (nSPS) is 12.9. The van der Waals surface area contributed by atoms with Crippen molar-refractivity contribution in [2.75, 3.05) is 13.2 Å². The summed E-state index contributed by atoms with van der Waals surface area (Å²) in [5.41, 5.74) is 0. The summed E-state index contributed by atoms with van der Waals surface area (Å²) in [5, 5.41) is 23.0. The average Bonchev–Trinajstić information content (AvgIpc) is 3.27. The fourth-order valence-corrected chi connectivity index (χ4v) is 8.19. The molecule has 0 bridgehead atoms. The number of allylic oxidation sites excluding steroid dienone is 5. The molecule has 0 aliphatic rings. The number of unbranched alkanes of at least 4 members (excludes halogenated alkanes) is 35. The molecule has 6 heteroatoms. The number of hydrogen-bond acceptors (Lipinski definition) is 5. The van der Waals surface area contributed by atoms with E-state index in [1.807, 2.05) is 6.08 Å². The van der Waals surface area contributed by atoms with Crippen molar-refractivity contribution in [2.45, 2.75) is 296 Å². The maximum atomic E-state index is 12.4. The predicted octanol–water partition coefficient (Wildman–Crippen LogP) is 16.5. The minimum Gasteiger partial charge on any atom is -0.466 e. The number of carbonyl (C=O) groups excluding carboxylic acids is 2. The van der Waals surface area contributed by atoms with Crippen molar-refractivity contribution in [3.63, 3.8) is 0 Å². The minimum absolute atomic E-state index is 0.00628. The second-order valence-electron chi connectivity index (χ2n) is 18.6. The van der Waals surface area contributed by atoms with Gasteiger partial charge in [0.05, 0.1) is 25.4 Å². The number of esters is 1. The van der Waals surface area contributed by atoms with E-state index in [4.69, 9.17) is 4.74 Å². The molecule has 0 aromatic carbocycles. The highest BCUT2D eigenvalue weighted by atomic mass is 16.5. The Kier molecular flexibility index (Phi) is 50.1. The summed E-state index contributed by atoms with van der Waals surface area (Å²) in [6.45, 7) is 4.85. The van der Waals surface area contributed by atoms with Crippen LogP contribution in [-0.4, -0.2) is 47.4 Å². The minimum atomic E-state index is -0.845. The molecule has 0 aromatic rings. The fraction of sp³-hybridized carbons (Fsp3) is 0.857. The molecule has 2 unspecified atom stereocenters. The smallest absolute Gasteiger partial charge is 0.305 e. The van der Waals surface area contributed by atoms with Crippen molar-refractivity contribution in [1.82, 2.24) is 5.32 Å². The lowest BCUT2D eigenvalue weighted by Crippen LogP contribution is -2.45. The van der Waals surface area contributed by atoms with Gasteiger partial charge in [-0.15, -0.1) is 0 Å². The van der Waals surface area contributed by atoms with E-state index in [1.54, 1.807) is 6.08 Å². The molecule has 0 rings (SSSR count). The highest BCUT2D eigenvalue weighted by Gasteiger charge is 2.18. The van der Waals surface area contributed by atoms with Crippen molar-refractivity contribution in [2.24, 2.45) is 0 Å². The summed E-state index contributed by atoms with van der Waals surface area (Å²) in [4.78, 5) is 24.4. The summed E-state index contributed by atoms with van der Waals surface area (Å²) in [5.74, 6) is -0.0791. The third-order valence-electron chi connectivity index (χ3n) is 12.4. The van der Waals surface area contributed by atoms with Crippen molar-refractivity contribution < 1.29 is 24.5 Å². The molecule has 0 spiro atoms. The quantitative estimate of drug-likeness (QED) is 0.0321. The van der Waals surface area contributed by atoms with Crippen LogP contribution in [0.25, 0.3) is 0 Å².